The first kappa shape index (κ1) is 13.9. The van der Waals surface area contributed by atoms with E-state index in [1.807, 2.05) is 24.3 Å². The molecule has 17 heavy (non-hydrogen) atoms. The predicted octanol–water partition coefficient (Wildman–Crippen LogP) is 1.84. The molecule has 0 unspecified atom stereocenters. The maximum Gasteiger partial charge on any atom is 0.0717 e. The molecule has 0 aliphatic heterocycles. The van der Waals surface area contributed by atoms with Gasteiger partial charge in [-0.05, 0) is 11.1 Å². The van der Waals surface area contributed by atoms with Gasteiger partial charge in [-0.2, -0.15) is 0 Å². The standard InChI is InChI=1S/C14H20O3/c1-3-12-4-6-13(7-5-12)8-17-11-14(2,9-15)10-16/h3-7,15-16H,1,8-11H2,2H3. The fourth-order valence-corrected chi connectivity index (χ4v) is 1.31. The highest BCUT2D eigenvalue weighted by molar-refractivity contribution is 5.47. The highest BCUT2D eigenvalue weighted by Gasteiger charge is 2.22. The Morgan fingerprint density at radius 1 is 1.24 bits per heavy atom. The number of aliphatic hydroxyl groups excluding tert-OH is 2. The summed E-state index contributed by atoms with van der Waals surface area (Å²) in [7, 11) is 0. The Labute approximate surface area is 102 Å². The van der Waals surface area contributed by atoms with E-state index in [1.165, 1.54) is 0 Å². The summed E-state index contributed by atoms with van der Waals surface area (Å²) in [4.78, 5) is 0. The van der Waals surface area contributed by atoms with Gasteiger partial charge >= 0.3 is 0 Å². The summed E-state index contributed by atoms with van der Waals surface area (Å²) >= 11 is 0. The molecule has 0 spiro atoms. The fourth-order valence-electron chi connectivity index (χ4n) is 1.31. The van der Waals surface area contributed by atoms with E-state index in [0.29, 0.717) is 13.2 Å². The monoisotopic (exact) mass is 236 g/mol. The lowest BCUT2D eigenvalue weighted by Gasteiger charge is -2.24. The minimum Gasteiger partial charge on any atom is -0.396 e. The molecule has 0 aliphatic rings. The van der Waals surface area contributed by atoms with Crippen molar-refractivity contribution in [2.75, 3.05) is 19.8 Å². The van der Waals surface area contributed by atoms with Crippen molar-refractivity contribution in [3.63, 3.8) is 0 Å². The quantitative estimate of drug-likeness (QED) is 0.759. The van der Waals surface area contributed by atoms with Crippen LogP contribution in [0.25, 0.3) is 6.08 Å². The van der Waals surface area contributed by atoms with E-state index in [4.69, 9.17) is 14.9 Å². The zero-order valence-electron chi connectivity index (χ0n) is 10.2. The highest BCUT2D eigenvalue weighted by atomic mass is 16.5. The molecule has 1 rings (SSSR count). The van der Waals surface area contributed by atoms with Crippen LogP contribution in [0.15, 0.2) is 30.8 Å². The summed E-state index contributed by atoms with van der Waals surface area (Å²) in [5.74, 6) is 0. The van der Waals surface area contributed by atoms with Crippen LogP contribution in [0.3, 0.4) is 0 Å². The topological polar surface area (TPSA) is 49.7 Å². The number of benzene rings is 1. The molecule has 3 nitrogen and oxygen atoms in total. The van der Waals surface area contributed by atoms with Crippen LogP contribution in [0.1, 0.15) is 18.1 Å². The Morgan fingerprint density at radius 2 is 1.82 bits per heavy atom. The van der Waals surface area contributed by atoms with Gasteiger partial charge in [0.2, 0.25) is 0 Å². The summed E-state index contributed by atoms with van der Waals surface area (Å²) in [6.07, 6.45) is 1.79. The zero-order valence-corrected chi connectivity index (χ0v) is 10.2. The Bertz CT molecular complexity index is 339. The lowest BCUT2D eigenvalue weighted by molar-refractivity contribution is -0.0220. The lowest BCUT2D eigenvalue weighted by Crippen LogP contribution is -2.31. The molecule has 94 valence electrons. The molecule has 2 N–H and O–H groups in total. The Kier molecular flexibility index (Phi) is 5.35. The molecule has 1 aromatic rings. The van der Waals surface area contributed by atoms with Crippen LogP contribution in [-0.4, -0.2) is 30.0 Å². The first-order valence-electron chi connectivity index (χ1n) is 5.64. The van der Waals surface area contributed by atoms with Gasteiger partial charge in [0.05, 0.1) is 26.4 Å². The number of rotatable bonds is 7. The third kappa shape index (κ3) is 4.30. The molecule has 0 aliphatic carbocycles. The molecule has 0 radical (unpaired) electrons. The molecule has 0 atom stereocenters. The number of aliphatic hydroxyl groups is 2. The maximum atomic E-state index is 9.10. The van der Waals surface area contributed by atoms with E-state index in [2.05, 4.69) is 6.58 Å². The van der Waals surface area contributed by atoms with E-state index >= 15 is 0 Å². The van der Waals surface area contributed by atoms with Crippen molar-refractivity contribution >= 4 is 6.08 Å². The van der Waals surface area contributed by atoms with Crippen LogP contribution < -0.4 is 0 Å². The molecule has 0 saturated carbocycles. The summed E-state index contributed by atoms with van der Waals surface area (Å²) in [5.41, 5.74) is 1.57. The van der Waals surface area contributed by atoms with Crippen molar-refractivity contribution in [2.45, 2.75) is 13.5 Å². The summed E-state index contributed by atoms with van der Waals surface area (Å²) < 4.78 is 5.49. The van der Waals surface area contributed by atoms with Gasteiger partial charge in [0, 0.05) is 5.41 Å². The summed E-state index contributed by atoms with van der Waals surface area (Å²) in [6.45, 7) is 6.12. The zero-order chi connectivity index (χ0) is 12.7. The van der Waals surface area contributed by atoms with Crippen molar-refractivity contribution in [1.82, 2.24) is 0 Å². The molecule has 3 heteroatoms. The molecule has 0 heterocycles. The maximum absolute atomic E-state index is 9.10. The second kappa shape index (κ2) is 6.55. The first-order valence-corrected chi connectivity index (χ1v) is 5.64. The molecule has 0 fully saturated rings. The van der Waals surface area contributed by atoms with Crippen molar-refractivity contribution in [1.29, 1.82) is 0 Å². The molecule has 0 saturated heterocycles. The number of ether oxygens (including phenoxy) is 1. The molecular formula is C14H20O3. The van der Waals surface area contributed by atoms with Crippen LogP contribution in [0, 0.1) is 5.41 Å². The SMILES string of the molecule is C=Cc1ccc(COCC(C)(CO)CO)cc1. The average Bonchev–Trinajstić information content (AvgIpc) is 2.39. The van der Waals surface area contributed by atoms with Crippen molar-refractivity contribution in [2.24, 2.45) is 5.41 Å². The van der Waals surface area contributed by atoms with Crippen LogP contribution in [0.2, 0.25) is 0 Å². The van der Waals surface area contributed by atoms with Crippen LogP contribution in [0.5, 0.6) is 0 Å². The number of hydrogen-bond acceptors (Lipinski definition) is 3. The third-order valence-corrected chi connectivity index (χ3v) is 2.70. The highest BCUT2D eigenvalue weighted by Crippen LogP contribution is 2.15. The average molecular weight is 236 g/mol. The number of hydrogen-bond donors (Lipinski definition) is 2. The Morgan fingerprint density at radius 3 is 2.29 bits per heavy atom. The molecule has 0 aromatic heterocycles. The summed E-state index contributed by atoms with van der Waals surface area (Å²) in [6, 6.07) is 7.91. The minimum atomic E-state index is -0.568. The van der Waals surface area contributed by atoms with Gasteiger partial charge in [-0.25, -0.2) is 0 Å². The van der Waals surface area contributed by atoms with E-state index in [-0.39, 0.29) is 13.2 Å². The van der Waals surface area contributed by atoms with Gasteiger partial charge < -0.3 is 14.9 Å². The second-order valence-electron chi connectivity index (χ2n) is 4.57. The largest absolute Gasteiger partial charge is 0.396 e. The molecule has 0 amide bonds. The third-order valence-electron chi connectivity index (χ3n) is 2.70. The van der Waals surface area contributed by atoms with Gasteiger partial charge in [0.25, 0.3) is 0 Å². The Hall–Kier alpha value is -1.16. The van der Waals surface area contributed by atoms with Crippen LogP contribution in [0.4, 0.5) is 0 Å². The Balaban J connectivity index is 2.42. The van der Waals surface area contributed by atoms with Gasteiger partial charge in [0.1, 0.15) is 0 Å². The smallest absolute Gasteiger partial charge is 0.0717 e. The molecule has 0 bridgehead atoms. The van der Waals surface area contributed by atoms with Gasteiger partial charge in [-0.1, -0.05) is 43.8 Å². The molecular weight excluding hydrogens is 216 g/mol. The van der Waals surface area contributed by atoms with Crippen LogP contribution in [-0.2, 0) is 11.3 Å². The minimum absolute atomic E-state index is 0.0844. The van der Waals surface area contributed by atoms with Crippen molar-refractivity contribution < 1.29 is 14.9 Å². The lowest BCUT2D eigenvalue weighted by atomic mass is 9.94. The van der Waals surface area contributed by atoms with E-state index in [1.54, 1.807) is 13.0 Å². The van der Waals surface area contributed by atoms with Gasteiger partial charge in [-0.15, -0.1) is 0 Å². The van der Waals surface area contributed by atoms with Gasteiger partial charge in [0.15, 0.2) is 0 Å². The predicted molar refractivity (Wildman–Crippen MR) is 68.5 cm³/mol. The molecule has 1 aromatic carbocycles. The van der Waals surface area contributed by atoms with Crippen molar-refractivity contribution in [3.05, 3.63) is 42.0 Å². The van der Waals surface area contributed by atoms with Crippen molar-refractivity contribution in [3.8, 4) is 0 Å². The fraction of sp³-hybridized carbons (Fsp3) is 0.429. The van der Waals surface area contributed by atoms with Crippen LogP contribution >= 0.6 is 0 Å². The second-order valence-corrected chi connectivity index (χ2v) is 4.57. The van der Waals surface area contributed by atoms with E-state index in [0.717, 1.165) is 11.1 Å². The normalized spacial score (nSPS) is 11.5. The summed E-state index contributed by atoms with van der Waals surface area (Å²) in [5, 5.41) is 18.2. The first-order chi connectivity index (χ1) is 8.13. The van der Waals surface area contributed by atoms with E-state index in [9.17, 15) is 0 Å². The van der Waals surface area contributed by atoms with Gasteiger partial charge in [-0.3, -0.25) is 0 Å². The van der Waals surface area contributed by atoms with E-state index < -0.39 is 5.41 Å².